The highest BCUT2D eigenvalue weighted by molar-refractivity contribution is 7.91. The van der Waals surface area contributed by atoms with Gasteiger partial charge in [-0.05, 0) is 73.9 Å². The normalized spacial score (nSPS) is 11.5. The van der Waals surface area contributed by atoms with Crippen LogP contribution < -0.4 is 10.7 Å². The van der Waals surface area contributed by atoms with Gasteiger partial charge in [0.2, 0.25) is 21.2 Å². The van der Waals surface area contributed by atoms with Crippen molar-refractivity contribution in [1.29, 1.82) is 0 Å². The lowest BCUT2D eigenvalue weighted by atomic mass is 10.1. The number of pyridine rings is 2. The number of nitrogens with zero attached hydrogens (tertiary/aromatic N) is 2. The van der Waals surface area contributed by atoms with Crippen molar-refractivity contribution >= 4 is 26.8 Å². The molecule has 4 aromatic rings. The third kappa shape index (κ3) is 5.00. The number of benzene rings is 2. The van der Waals surface area contributed by atoms with Gasteiger partial charge in [0.1, 0.15) is 22.9 Å². The predicted molar refractivity (Wildman–Crippen MR) is 130 cm³/mol. The van der Waals surface area contributed by atoms with Gasteiger partial charge in [-0.2, -0.15) is 0 Å². The van der Waals surface area contributed by atoms with E-state index in [0.29, 0.717) is 11.3 Å². The number of hydrogen-bond acceptors (Lipinski definition) is 5. The average molecular weight is 494 g/mol. The molecule has 7 nitrogen and oxygen atoms in total. The van der Waals surface area contributed by atoms with Gasteiger partial charge in [0.25, 0.3) is 0 Å². The first-order valence-electron chi connectivity index (χ1n) is 10.9. The van der Waals surface area contributed by atoms with Crippen LogP contribution in [-0.4, -0.2) is 23.9 Å². The van der Waals surface area contributed by atoms with E-state index in [1.807, 2.05) is 6.92 Å². The molecule has 1 amide bonds. The van der Waals surface area contributed by atoms with Gasteiger partial charge in [0.15, 0.2) is 0 Å². The average Bonchev–Trinajstić information content (AvgIpc) is 2.82. The first-order chi connectivity index (χ1) is 16.6. The third-order valence-electron chi connectivity index (χ3n) is 5.82. The summed E-state index contributed by atoms with van der Waals surface area (Å²) in [6, 6.07) is 13.5. The van der Waals surface area contributed by atoms with E-state index in [2.05, 4.69) is 10.3 Å². The summed E-state index contributed by atoms with van der Waals surface area (Å²) in [5.41, 5.74) is 2.57. The zero-order valence-corrected chi connectivity index (χ0v) is 20.3. The predicted octanol–water partition coefficient (Wildman–Crippen LogP) is 3.61. The summed E-state index contributed by atoms with van der Waals surface area (Å²) in [7, 11) is -4.16. The topological polar surface area (TPSA) is 98.1 Å². The van der Waals surface area contributed by atoms with Crippen LogP contribution >= 0.6 is 0 Å². The number of amides is 1. The van der Waals surface area contributed by atoms with Crippen molar-refractivity contribution < 1.29 is 17.6 Å². The highest BCUT2D eigenvalue weighted by atomic mass is 32.2. The van der Waals surface area contributed by atoms with Gasteiger partial charge in [-0.3, -0.25) is 9.59 Å². The molecule has 0 aliphatic carbocycles. The molecular formula is C26H24FN3O4S. The fraction of sp³-hybridized carbons (Fsp3) is 0.192. The van der Waals surface area contributed by atoms with Crippen LogP contribution in [0.5, 0.6) is 0 Å². The second-order valence-electron chi connectivity index (χ2n) is 8.43. The summed E-state index contributed by atoms with van der Waals surface area (Å²) in [4.78, 5) is 29.9. The number of nitrogens with one attached hydrogen (secondary N) is 1. The van der Waals surface area contributed by atoms with Crippen LogP contribution in [0.15, 0.2) is 75.4 Å². The number of carbonyl (C=O) groups excluding carboxylic acids is 1. The first kappa shape index (κ1) is 24.3. The van der Waals surface area contributed by atoms with Gasteiger partial charge in [0.05, 0.1) is 10.3 Å². The van der Waals surface area contributed by atoms with E-state index in [4.69, 9.17) is 0 Å². The molecule has 1 N–H and O–H groups in total. The molecule has 180 valence electrons. The Labute approximate surface area is 202 Å². The highest BCUT2D eigenvalue weighted by Crippen LogP contribution is 2.23. The zero-order valence-electron chi connectivity index (χ0n) is 19.5. The lowest BCUT2D eigenvalue weighted by Crippen LogP contribution is -2.29. The van der Waals surface area contributed by atoms with Gasteiger partial charge in [-0.25, -0.2) is 17.8 Å². The van der Waals surface area contributed by atoms with Crippen LogP contribution in [0.1, 0.15) is 22.4 Å². The standard InChI is InChI=1S/C26H24FN3O4S/c1-16-4-10-21(12-17(16)2)35(33,34)23-14-30(26-22(25(23)32)11-5-18(3)29-26)15-24(31)28-13-19-6-8-20(27)9-7-19/h4-12,14H,13,15H2,1-3H3,(H,28,31). The number of sulfone groups is 1. The highest BCUT2D eigenvalue weighted by Gasteiger charge is 2.25. The van der Waals surface area contributed by atoms with E-state index in [9.17, 15) is 22.4 Å². The maximum Gasteiger partial charge on any atom is 0.240 e. The van der Waals surface area contributed by atoms with Gasteiger partial charge >= 0.3 is 0 Å². The molecule has 0 bridgehead atoms. The van der Waals surface area contributed by atoms with Crippen LogP contribution in [0, 0.1) is 26.6 Å². The summed E-state index contributed by atoms with van der Waals surface area (Å²) in [5, 5.41) is 2.83. The molecule has 2 heterocycles. The molecule has 0 atom stereocenters. The molecule has 2 aromatic heterocycles. The minimum absolute atomic E-state index is 0.00410. The van der Waals surface area contributed by atoms with Crippen molar-refractivity contribution in [3.05, 3.63) is 99.2 Å². The monoisotopic (exact) mass is 493 g/mol. The second kappa shape index (κ2) is 9.42. The summed E-state index contributed by atoms with van der Waals surface area (Å²) >= 11 is 0. The lowest BCUT2D eigenvalue weighted by Gasteiger charge is -2.14. The van der Waals surface area contributed by atoms with Crippen molar-refractivity contribution in [2.24, 2.45) is 0 Å². The number of aromatic nitrogens is 2. The molecule has 0 aliphatic heterocycles. The molecule has 0 saturated carbocycles. The summed E-state index contributed by atoms with van der Waals surface area (Å²) in [5.74, 6) is -0.795. The Bertz CT molecular complexity index is 1610. The smallest absolute Gasteiger partial charge is 0.240 e. The van der Waals surface area contributed by atoms with Crippen LogP contribution in [0.25, 0.3) is 11.0 Å². The number of fused-ring (bicyclic) bond motifs is 1. The molecule has 4 rings (SSSR count). The number of halogens is 1. The summed E-state index contributed by atoms with van der Waals surface area (Å²) in [6.45, 7) is 5.31. The number of carbonyl (C=O) groups is 1. The fourth-order valence-corrected chi connectivity index (χ4v) is 5.12. The summed E-state index contributed by atoms with van der Waals surface area (Å²) < 4.78 is 41.4. The van der Waals surface area contributed by atoms with Gasteiger partial charge < -0.3 is 9.88 Å². The molecule has 0 radical (unpaired) electrons. The van der Waals surface area contributed by atoms with Crippen molar-refractivity contribution in [3.8, 4) is 0 Å². The number of aryl methyl sites for hydroxylation is 3. The SMILES string of the molecule is Cc1ccc2c(=O)c(S(=O)(=O)c3ccc(C)c(C)c3)cn(CC(=O)NCc3ccc(F)cc3)c2n1. The Kier molecular flexibility index (Phi) is 6.53. The Hall–Kier alpha value is -3.85. The van der Waals surface area contributed by atoms with Crippen molar-refractivity contribution in [3.63, 3.8) is 0 Å². The molecule has 0 saturated heterocycles. The van der Waals surface area contributed by atoms with Crippen LogP contribution in [0.2, 0.25) is 0 Å². The van der Waals surface area contributed by atoms with Gasteiger partial charge in [-0.15, -0.1) is 0 Å². The Balaban J connectivity index is 1.75. The van der Waals surface area contributed by atoms with Gasteiger partial charge in [0, 0.05) is 18.4 Å². The fourth-order valence-electron chi connectivity index (χ4n) is 3.67. The lowest BCUT2D eigenvalue weighted by molar-refractivity contribution is -0.121. The van der Waals surface area contributed by atoms with Crippen molar-refractivity contribution in [1.82, 2.24) is 14.9 Å². The van der Waals surface area contributed by atoms with Crippen LogP contribution in [0.4, 0.5) is 4.39 Å². The quantitative estimate of drug-likeness (QED) is 0.443. The molecule has 2 aromatic carbocycles. The molecule has 0 spiro atoms. The minimum atomic E-state index is -4.16. The zero-order chi connectivity index (χ0) is 25.3. The Morgan fingerprint density at radius 3 is 2.40 bits per heavy atom. The first-order valence-corrected chi connectivity index (χ1v) is 12.4. The second-order valence-corrected chi connectivity index (χ2v) is 10.3. The van der Waals surface area contributed by atoms with Crippen molar-refractivity contribution in [2.75, 3.05) is 0 Å². The molecule has 0 aliphatic rings. The van der Waals surface area contributed by atoms with Gasteiger partial charge in [-0.1, -0.05) is 18.2 Å². The Morgan fingerprint density at radius 1 is 1.00 bits per heavy atom. The minimum Gasteiger partial charge on any atom is -0.350 e. The molecule has 35 heavy (non-hydrogen) atoms. The molecule has 0 unspecified atom stereocenters. The molecule has 9 heteroatoms. The van der Waals surface area contributed by atoms with Crippen molar-refractivity contribution in [2.45, 2.75) is 43.7 Å². The Morgan fingerprint density at radius 2 is 1.71 bits per heavy atom. The maximum atomic E-state index is 13.4. The van der Waals surface area contributed by atoms with Crippen LogP contribution in [0.3, 0.4) is 0 Å². The van der Waals surface area contributed by atoms with E-state index in [1.165, 1.54) is 41.1 Å². The van der Waals surface area contributed by atoms with Crippen LogP contribution in [-0.2, 0) is 27.7 Å². The molecular weight excluding hydrogens is 469 g/mol. The van der Waals surface area contributed by atoms with E-state index in [1.54, 1.807) is 38.1 Å². The third-order valence-corrected chi connectivity index (χ3v) is 7.57. The van der Waals surface area contributed by atoms with E-state index >= 15 is 0 Å². The van der Waals surface area contributed by atoms with E-state index < -0.39 is 26.1 Å². The largest absolute Gasteiger partial charge is 0.350 e. The maximum absolute atomic E-state index is 13.4. The number of rotatable bonds is 6. The molecule has 0 fully saturated rings. The summed E-state index contributed by atoms with van der Waals surface area (Å²) in [6.07, 6.45) is 1.18. The number of hydrogen-bond donors (Lipinski definition) is 1. The van der Waals surface area contributed by atoms with E-state index in [0.717, 1.165) is 11.1 Å². The van der Waals surface area contributed by atoms with E-state index in [-0.39, 0.29) is 34.8 Å².